The Morgan fingerprint density at radius 3 is 2.64 bits per heavy atom. The second-order valence-electron chi connectivity index (χ2n) is 6.11. The molecule has 1 aromatic rings. The molecular formula is C19H23ClN2S3. The predicted molar refractivity (Wildman–Crippen MR) is 119 cm³/mol. The van der Waals surface area contributed by atoms with Crippen LogP contribution in [0.1, 0.15) is 39.5 Å². The quantitative estimate of drug-likeness (QED) is 0.219. The van der Waals surface area contributed by atoms with Gasteiger partial charge in [0.2, 0.25) is 0 Å². The molecule has 1 aliphatic carbocycles. The molecule has 1 aromatic carbocycles. The summed E-state index contributed by atoms with van der Waals surface area (Å²) in [7, 11) is 1.97. The maximum absolute atomic E-state index is 5.92. The van der Waals surface area contributed by atoms with Crippen molar-refractivity contribution < 1.29 is 0 Å². The van der Waals surface area contributed by atoms with Crippen LogP contribution in [-0.2, 0) is 0 Å². The third-order valence-electron chi connectivity index (χ3n) is 4.13. The fourth-order valence-corrected chi connectivity index (χ4v) is 4.29. The van der Waals surface area contributed by atoms with Gasteiger partial charge in [0.05, 0.1) is 5.70 Å². The molecule has 1 aliphatic rings. The first-order chi connectivity index (χ1) is 11.9. The van der Waals surface area contributed by atoms with Gasteiger partial charge in [-0.3, -0.25) is 0 Å². The van der Waals surface area contributed by atoms with Gasteiger partial charge in [-0.25, -0.2) is 4.99 Å². The van der Waals surface area contributed by atoms with Gasteiger partial charge in [-0.1, -0.05) is 55.8 Å². The third kappa shape index (κ3) is 5.88. The first kappa shape index (κ1) is 20.6. The number of allylic oxidation sites excluding steroid dienone is 2. The van der Waals surface area contributed by atoms with Crippen molar-refractivity contribution in [2.45, 2.75) is 44.4 Å². The van der Waals surface area contributed by atoms with Crippen LogP contribution in [0.2, 0.25) is 5.02 Å². The van der Waals surface area contributed by atoms with Crippen molar-refractivity contribution in [1.29, 1.82) is 0 Å². The number of benzene rings is 1. The summed E-state index contributed by atoms with van der Waals surface area (Å²) in [4.78, 5) is 7.77. The lowest BCUT2D eigenvalue weighted by Crippen LogP contribution is -2.28. The number of nitrogens with zero attached hydrogens (tertiary/aromatic N) is 2. The van der Waals surface area contributed by atoms with Gasteiger partial charge in [-0.05, 0) is 55.1 Å². The van der Waals surface area contributed by atoms with Crippen LogP contribution in [0.3, 0.4) is 0 Å². The van der Waals surface area contributed by atoms with Crippen LogP contribution in [0.4, 0.5) is 0 Å². The molecule has 134 valence electrons. The highest BCUT2D eigenvalue weighted by Crippen LogP contribution is 2.30. The standard InChI is InChI=1S/C19H23ClN2S3/c1-4-5-6-16-18(23)11-17(13(2)19(16)24)21-12-22(3)25-15-9-7-14(20)8-10-15/h7-10,12,16H,4-6,11H2,1-3H3. The van der Waals surface area contributed by atoms with Gasteiger partial charge in [0, 0.05) is 39.0 Å². The Balaban J connectivity index is 2.03. The molecule has 0 saturated carbocycles. The molecule has 0 heterocycles. The highest BCUT2D eigenvalue weighted by Gasteiger charge is 2.27. The zero-order chi connectivity index (χ0) is 18.4. The van der Waals surface area contributed by atoms with E-state index in [9.17, 15) is 0 Å². The van der Waals surface area contributed by atoms with Gasteiger partial charge in [0.15, 0.2) is 0 Å². The van der Waals surface area contributed by atoms with Crippen LogP contribution in [0.5, 0.6) is 0 Å². The average molecular weight is 411 g/mol. The van der Waals surface area contributed by atoms with Crippen molar-refractivity contribution in [2.75, 3.05) is 7.05 Å². The van der Waals surface area contributed by atoms with Gasteiger partial charge in [0.25, 0.3) is 0 Å². The van der Waals surface area contributed by atoms with E-state index < -0.39 is 0 Å². The van der Waals surface area contributed by atoms with E-state index in [0.717, 1.165) is 50.2 Å². The van der Waals surface area contributed by atoms with E-state index in [1.54, 1.807) is 11.9 Å². The van der Waals surface area contributed by atoms with E-state index in [2.05, 4.69) is 18.8 Å². The van der Waals surface area contributed by atoms with E-state index in [4.69, 9.17) is 36.0 Å². The molecule has 1 unspecified atom stereocenters. The second kappa shape index (κ2) is 9.81. The number of thiocarbonyl (C=S) groups is 2. The predicted octanol–water partition coefficient (Wildman–Crippen LogP) is 6.53. The normalized spacial score (nSPS) is 18.3. The van der Waals surface area contributed by atoms with Crippen molar-refractivity contribution in [2.24, 2.45) is 10.9 Å². The van der Waals surface area contributed by atoms with Crippen LogP contribution in [0, 0.1) is 5.92 Å². The first-order valence-corrected chi connectivity index (χ1v) is 10.4. The molecule has 2 nitrogen and oxygen atoms in total. The highest BCUT2D eigenvalue weighted by molar-refractivity contribution is 7.97. The van der Waals surface area contributed by atoms with Crippen molar-refractivity contribution in [3.63, 3.8) is 0 Å². The summed E-state index contributed by atoms with van der Waals surface area (Å²) in [5.74, 6) is 0.269. The fourth-order valence-electron chi connectivity index (χ4n) is 2.65. The van der Waals surface area contributed by atoms with Crippen molar-refractivity contribution >= 4 is 64.1 Å². The third-order valence-corrected chi connectivity index (χ3v) is 6.27. The molecule has 0 aromatic heterocycles. The van der Waals surface area contributed by atoms with E-state index in [0.29, 0.717) is 0 Å². The molecule has 0 aliphatic heterocycles. The summed E-state index contributed by atoms with van der Waals surface area (Å²) < 4.78 is 1.97. The fraction of sp³-hybridized carbons (Fsp3) is 0.421. The summed E-state index contributed by atoms with van der Waals surface area (Å²) >= 11 is 18.8. The summed E-state index contributed by atoms with van der Waals surface area (Å²) in [5.41, 5.74) is 2.11. The Hall–Kier alpha value is -0.750. The molecule has 0 N–H and O–H groups in total. The van der Waals surface area contributed by atoms with Crippen molar-refractivity contribution in [3.8, 4) is 0 Å². The molecule has 1 atom stereocenters. The number of aliphatic imine (C=N–C) groups is 1. The minimum atomic E-state index is 0.269. The zero-order valence-electron chi connectivity index (χ0n) is 14.8. The van der Waals surface area contributed by atoms with Crippen LogP contribution in [-0.4, -0.2) is 27.4 Å². The van der Waals surface area contributed by atoms with E-state index in [1.807, 2.05) is 42.0 Å². The van der Waals surface area contributed by atoms with Crippen LogP contribution in [0.25, 0.3) is 0 Å². The summed E-state index contributed by atoms with van der Waals surface area (Å²) in [6, 6.07) is 7.75. The molecule has 0 spiro atoms. The van der Waals surface area contributed by atoms with Gasteiger partial charge in [-0.15, -0.1) is 0 Å². The Morgan fingerprint density at radius 2 is 2.00 bits per heavy atom. The average Bonchev–Trinajstić information content (AvgIpc) is 2.59. The maximum atomic E-state index is 5.92. The molecule has 0 amide bonds. The zero-order valence-corrected chi connectivity index (χ0v) is 18.0. The molecule has 0 bridgehead atoms. The van der Waals surface area contributed by atoms with E-state index >= 15 is 0 Å². The second-order valence-corrected chi connectivity index (χ2v) is 8.74. The molecule has 25 heavy (non-hydrogen) atoms. The lowest BCUT2D eigenvalue weighted by Gasteiger charge is -2.26. The van der Waals surface area contributed by atoms with Crippen LogP contribution >= 0.6 is 48.0 Å². The monoisotopic (exact) mass is 410 g/mol. The summed E-state index contributed by atoms with van der Waals surface area (Å²) in [5, 5.41) is 0.739. The molecular weight excluding hydrogens is 388 g/mol. The molecule has 0 saturated heterocycles. The summed E-state index contributed by atoms with van der Waals surface area (Å²) in [6.07, 6.45) is 5.97. The number of unbranched alkanes of at least 4 members (excludes halogenated alkanes) is 1. The largest absolute Gasteiger partial charge is 0.306 e. The Morgan fingerprint density at radius 1 is 1.32 bits per heavy atom. The lowest BCUT2D eigenvalue weighted by atomic mass is 9.84. The minimum Gasteiger partial charge on any atom is -0.306 e. The van der Waals surface area contributed by atoms with Crippen LogP contribution < -0.4 is 0 Å². The topological polar surface area (TPSA) is 15.6 Å². The van der Waals surface area contributed by atoms with Gasteiger partial charge < -0.3 is 4.31 Å². The minimum absolute atomic E-state index is 0.269. The van der Waals surface area contributed by atoms with Crippen LogP contribution in [0.15, 0.2) is 45.4 Å². The lowest BCUT2D eigenvalue weighted by molar-refractivity contribution is 0.685. The molecule has 0 radical (unpaired) electrons. The number of halogens is 1. The van der Waals surface area contributed by atoms with E-state index in [-0.39, 0.29) is 5.92 Å². The molecule has 6 heteroatoms. The number of hydrogen-bond acceptors (Lipinski definition) is 4. The SMILES string of the molecule is CCCCC1C(=S)CC(N=CN(C)Sc2ccc(Cl)cc2)=C(C)C1=S. The van der Waals surface area contributed by atoms with Crippen molar-refractivity contribution in [3.05, 3.63) is 40.6 Å². The molecule has 2 rings (SSSR count). The van der Waals surface area contributed by atoms with Gasteiger partial charge in [-0.2, -0.15) is 0 Å². The van der Waals surface area contributed by atoms with E-state index in [1.165, 1.54) is 6.42 Å². The van der Waals surface area contributed by atoms with Crippen molar-refractivity contribution in [1.82, 2.24) is 4.31 Å². The molecule has 0 fully saturated rings. The Kier molecular flexibility index (Phi) is 8.07. The van der Waals surface area contributed by atoms with Gasteiger partial charge in [0.1, 0.15) is 6.34 Å². The highest BCUT2D eigenvalue weighted by atomic mass is 35.5. The Bertz CT molecular complexity index is 695. The smallest absolute Gasteiger partial charge is 0.101 e. The maximum Gasteiger partial charge on any atom is 0.101 e. The first-order valence-electron chi connectivity index (χ1n) is 8.39. The number of rotatable bonds is 7. The number of hydrogen-bond donors (Lipinski definition) is 0. The Labute approximate surface area is 170 Å². The van der Waals surface area contributed by atoms with Gasteiger partial charge >= 0.3 is 0 Å². The summed E-state index contributed by atoms with van der Waals surface area (Å²) in [6.45, 7) is 4.27.